The van der Waals surface area contributed by atoms with Crippen molar-refractivity contribution in [3.05, 3.63) is 65.7 Å². The number of unbranched alkanes of at least 4 members (excludes halogenated alkanes) is 1. The Morgan fingerprint density at radius 2 is 1.72 bits per heavy atom. The third-order valence-electron chi connectivity index (χ3n) is 4.22. The lowest BCUT2D eigenvalue weighted by molar-refractivity contribution is -0.127. The molecule has 2 aromatic rings. The van der Waals surface area contributed by atoms with Crippen molar-refractivity contribution in [2.45, 2.75) is 25.8 Å². The van der Waals surface area contributed by atoms with E-state index in [-0.39, 0.29) is 11.9 Å². The molecule has 0 saturated carbocycles. The maximum atomic E-state index is 12.4. The zero-order chi connectivity index (χ0) is 17.6. The molecule has 2 aromatic carbocycles. The molecule has 0 radical (unpaired) electrons. The van der Waals surface area contributed by atoms with Crippen LogP contribution in [0.5, 0.6) is 5.75 Å². The maximum absolute atomic E-state index is 12.4. The molecule has 0 bridgehead atoms. The Morgan fingerprint density at radius 3 is 2.44 bits per heavy atom. The van der Waals surface area contributed by atoms with E-state index in [1.807, 2.05) is 61.5 Å². The molecule has 5 heteroatoms. The topological polar surface area (TPSA) is 58.6 Å². The second kappa shape index (κ2) is 7.83. The number of amides is 3. The van der Waals surface area contributed by atoms with E-state index in [0.29, 0.717) is 19.6 Å². The van der Waals surface area contributed by atoms with Crippen LogP contribution in [0.4, 0.5) is 4.79 Å². The Labute approximate surface area is 147 Å². The molecule has 1 heterocycles. The van der Waals surface area contributed by atoms with E-state index < -0.39 is 6.04 Å². The summed E-state index contributed by atoms with van der Waals surface area (Å²) in [5.74, 6) is 0.653. The molecule has 5 nitrogen and oxygen atoms in total. The molecule has 1 saturated heterocycles. The molecule has 1 N–H and O–H groups in total. The fraction of sp³-hybridized carbons (Fsp3) is 0.300. The van der Waals surface area contributed by atoms with Crippen molar-refractivity contribution >= 4 is 11.9 Å². The van der Waals surface area contributed by atoms with Crippen molar-refractivity contribution in [3.63, 3.8) is 0 Å². The zero-order valence-electron chi connectivity index (χ0n) is 14.3. The standard InChI is InChI=1S/C20H22N2O3/c1-15-9-11-17(12-10-15)25-14-6-5-13-22-19(23)18(21-20(22)24)16-7-3-2-4-8-16/h2-4,7-12,18H,5-6,13-14H2,1H3,(H,21,24). The van der Waals surface area contributed by atoms with E-state index in [1.165, 1.54) is 10.5 Å². The molecular formula is C20H22N2O3. The smallest absolute Gasteiger partial charge is 0.325 e. The molecule has 25 heavy (non-hydrogen) atoms. The van der Waals surface area contributed by atoms with E-state index in [0.717, 1.165) is 17.7 Å². The molecule has 3 rings (SSSR count). The van der Waals surface area contributed by atoms with E-state index in [9.17, 15) is 9.59 Å². The highest BCUT2D eigenvalue weighted by atomic mass is 16.5. The molecule has 0 spiro atoms. The molecule has 0 aromatic heterocycles. The Kier molecular flexibility index (Phi) is 5.33. The molecule has 3 amide bonds. The lowest BCUT2D eigenvalue weighted by Gasteiger charge is -2.13. The van der Waals surface area contributed by atoms with Gasteiger partial charge in [0.25, 0.3) is 5.91 Å². The lowest BCUT2D eigenvalue weighted by Crippen LogP contribution is -2.32. The monoisotopic (exact) mass is 338 g/mol. The number of carbonyl (C=O) groups is 2. The summed E-state index contributed by atoms with van der Waals surface area (Å²) in [7, 11) is 0. The largest absolute Gasteiger partial charge is 0.494 e. The molecule has 1 unspecified atom stereocenters. The second-order valence-corrected chi connectivity index (χ2v) is 6.15. The van der Waals surface area contributed by atoms with Crippen molar-refractivity contribution in [2.75, 3.05) is 13.2 Å². The highest BCUT2D eigenvalue weighted by Gasteiger charge is 2.38. The number of nitrogens with one attached hydrogen (secondary N) is 1. The van der Waals surface area contributed by atoms with Crippen LogP contribution in [0.15, 0.2) is 54.6 Å². The van der Waals surface area contributed by atoms with Gasteiger partial charge in [0.15, 0.2) is 0 Å². The van der Waals surface area contributed by atoms with Gasteiger partial charge in [-0.15, -0.1) is 0 Å². The van der Waals surface area contributed by atoms with Gasteiger partial charge in [0.05, 0.1) is 6.61 Å². The molecular weight excluding hydrogens is 316 g/mol. The lowest BCUT2D eigenvalue weighted by atomic mass is 10.1. The normalized spacial score (nSPS) is 16.8. The highest BCUT2D eigenvalue weighted by molar-refractivity contribution is 6.04. The van der Waals surface area contributed by atoms with Gasteiger partial charge in [0.2, 0.25) is 0 Å². The summed E-state index contributed by atoms with van der Waals surface area (Å²) in [6, 6.07) is 16.3. The van der Waals surface area contributed by atoms with Gasteiger partial charge in [-0.3, -0.25) is 9.69 Å². The van der Waals surface area contributed by atoms with Crippen LogP contribution in [0.1, 0.15) is 30.0 Å². The predicted molar refractivity (Wildman–Crippen MR) is 95.3 cm³/mol. The number of urea groups is 1. The minimum absolute atomic E-state index is 0.185. The second-order valence-electron chi connectivity index (χ2n) is 6.15. The number of hydrogen-bond acceptors (Lipinski definition) is 3. The van der Waals surface area contributed by atoms with Crippen LogP contribution in [0.3, 0.4) is 0 Å². The van der Waals surface area contributed by atoms with E-state index in [4.69, 9.17) is 4.74 Å². The molecule has 1 aliphatic rings. The summed E-state index contributed by atoms with van der Waals surface area (Å²) >= 11 is 0. The van der Waals surface area contributed by atoms with Crippen LogP contribution in [0, 0.1) is 6.92 Å². The fourth-order valence-corrected chi connectivity index (χ4v) is 2.80. The van der Waals surface area contributed by atoms with Crippen molar-refractivity contribution in [1.29, 1.82) is 0 Å². The van der Waals surface area contributed by atoms with Gasteiger partial charge in [-0.1, -0.05) is 48.0 Å². The third-order valence-corrected chi connectivity index (χ3v) is 4.22. The van der Waals surface area contributed by atoms with E-state index in [2.05, 4.69) is 5.32 Å². The van der Waals surface area contributed by atoms with Crippen LogP contribution in [0.2, 0.25) is 0 Å². The molecule has 0 aliphatic carbocycles. The highest BCUT2D eigenvalue weighted by Crippen LogP contribution is 2.22. The minimum Gasteiger partial charge on any atom is -0.494 e. The van der Waals surface area contributed by atoms with Gasteiger partial charge in [-0.2, -0.15) is 0 Å². The molecule has 1 fully saturated rings. The van der Waals surface area contributed by atoms with Crippen molar-refractivity contribution in [2.24, 2.45) is 0 Å². The number of rotatable bonds is 7. The fourth-order valence-electron chi connectivity index (χ4n) is 2.80. The Hall–Kier alpha value is -2.82. The maximum Gasteiger partial charge on any atom is 0.325 e. The third kappa shape index (κ3) is 4.18. The van der Waals surface area contributed by atoms with Gasteiger partial charge in [0, 0.05) is 6.54 Å². The van der Waals surface area contributed by atoms with Crippen molar-refractivity contribution < 1.29 is 14.3 Å². The van der Waals surface area contributed by atoms with Crippen LogP contribution in [0.25, 0.3) is 0 Å². The first kappa shape index (κ1) is 17.0. The van der Waals surface area contributed by atoms with E-state index in [1.54, 1.807) is 0 Å². The number of ether oxygens (including phenoxy) is 1. The summed E-state index contributed by atoms with van der Waals surface area (Å²) in [6.45, 7) is 3.00. The average molecular weight is 338 g/mol. The Bertz CT molecular complexity index is 728. The van der Waals surface area contributed by atoms with Crippen molar-refractivity contribution in [1.82, 2.24) is 10.2 Å². The summed E-state index contributed by atoms with van der Waals surface area (Å²) in [4.78, 5) is 25.8. The van der Waals surface area contributed by atoms with Gasteiger partial charge < -0.3 is 10.1 Å². The Morgan fingerprint density at radius 1 is 1.00 bits per heavy atom. The Balaban J connectivity index is 1.44. The molecule has 1 aliphatic heterocycles. The average Bonchev–Trinajstić information content (AvgIpc) is 2.92. The van der Waals surface area contributed by atoms with Gasteiger partial charge >= 0.3 is 6.03 Å². The summed E-state index contributed by atoms with van der Waals surface area (Å²) in [5, 5.41) is 2.75. The van der Waals surface area contributed by atoms with Gasteiger partial charge in [-0.25, -0.2) is 4.79 Å². The number of aryl methyl sites for hydroxylation is 1. The van der Waals surface area contributed by atoms with E-state index >= 15 is 0 Å². The summed E-state index contributed by atoms with van der Waals surface area (Å²) < 4.78 is 5.67. The summed E-state index contributed by atoms with van der Waals surface area (Å²) in [6.07, 6.45) is 1.49. The summed E-state index contributed by atoms with van der Waals surface area (Å²) in [5.41, 5.74) is 2.00. The van der Waals surface area contributed by atoms with Gasteiger partial charge in [0.1, 0.15) is 11.8 Å². The van der Waals surface area contributed by atoms with Crippen LogP contribution in [-0.4, -0.2) is 30.0 Å². The number of imide groups is 1. The van der Waals surface area contributed by atoms with Crippen LogP contribution < -0.4 is 10.1 Å². The molecule has 1 atom stereocenters. The van der Waals surface area contributed by atoms with Crippen LogP contribution >= 0.6 is 0 Å². The first-order valence-corrected chi connectivity index (χ1v) is 8.51. The number of hydrogen-bond donors (Lipinski definition) is 1. The first-order chi connectivity index (χ1) is 12.1. The number of carbonyl (C=O) groups excluding carboxylic acids is 2. The van der Waals surface area contributed by atoms with Crippen LogP contribution in [-0.2, 0) is 4.79 Å². The number of nitrogens with zero attached hydrogens (tertiary/aromatic N) is 1. The predicted octanol–water partition coefficient (Wildman–Crippen LogP) is 3.45. The minimum atomic E-state index is -0.572. The zero-order valence-corrected chi connectivity index (χ0v) is 14.3. The van der Waals surface area contributed by atoms with Gasteiger partial charge in [-0.05, 0) is 37.5 Å². The quantitative estimate of drug-likeness (QED) is 0.621. The SMILES string of the molecule is Cc1ccc(OCCCCN2C(=O)NC(c3ccccc3)C2=O)cc1. The number of benzene rings is 2. The first-order valence-electron chi connectivity index (χ1n) is 8.51. The van der Waals surface area contributed by atoms with Crippen molar-refractivity contribution in [3.8, 4) is 5.75 Å². The molecule has 130 valence electrons.